The summed E-state index contributed by atoms with van der Waals surface area (Å²) in [5, 5.41) is 2.97. The third kappa shape index (κ3) is 9.13. The van der Waals surface area contributed by atoms with Gasteiger partial charge in [-0.3, -0.25) is 0 Å². The Morgan fingerprint density at radius 1 is 0.300 bits per heavy atom. The summed E-state index contributed by atoms with van der Waals surface area (Å²) in [5.74, 6) is 0. The van der Waals surface area contributed by atoms with E-state index in [9.17, 15) is 0 Å². The summed E-state index contributed by atoms with van der Waals surface area (Å²) >= 11 is 0. The fourth-order valence-corrected chi connectivity index (χ4v) is 10.2. The van der Waals surface area contributed by atoms with E-state index in [0.717, 1.165) is 28.1 Å². The highest BCUT2D eigenvalue weighted by Gasteiger charge is 2.19. The summed E-state index contributed by atoms with van der Waals surface area (Å²) in [6.07, 6.45) is 0. The molecule has 8 rings (SSSR count). The molecule has 1 aromatic heterocycles. The molecule has 0 saturated carbocycles. The Hall–Kier alpha value is -5.88. The first-order valence-corrected chi connectivity index (χ1v) is 28.4. The van der Waals surface area contributed by atoms with Crippen molar-refractivity contribution in [2.24, 2.45) is 0 Å². The zero-order chi connectivity index (χ0) is 42.2. The summed E-state index contributed by atoms with van der Waals surface area (Å²) in [5.41, 5.74) is 17.8. The van der Waals surface area contributed by atoms with E-state index < -0.39 is 16.1 Å². The number of hydrogen-bond acceptors (Lipinski definition) is 1. The van der Waals surface area contributed by atoms with Gasteiger partial charge in [-0.1, -0.05) is 240 Å². The number of nitrogens with zero attached hydrogens (tertiary/aromatic N) is 1. The molecule has 60 heavy (non-hydrogen) atoms. The Labute approximate surface area is 360 Å². The summed E-state index contributed by atoms with van der Waals surface area (Å²) in [6.45, 7) is 21.2. The largest absolute Gasteiger partial charge is 0.248 e. The van der Waals surface area contributed by atoms with Gasteiger partial charge < -0.3 is 0 Å². The third-order valence-electron chi connectivity index (χ3n) is 11.8. The molecule has 0 amide bonds. The van der Waals surface area contributed by atoms with Crippen molar-refractivity contribution in [1.82, 2.24) is 4.98 Å². The van der Waals surface area contributed by atoms with Gasteiger partial charge in [0, 0.05) is 11.1 Å². The molecule has 298 valence electrons. The maximum atomic E-state index is 5.31. The zero-order valence-electron chi connectivity index (χ0n) is 36.8. The number of hydrogen-bond donors (Lipinski definition) is 0. The van der Waals surface area contributed by atoms with E-state index >= 15 is 0 Å². The Morgan fingerprint density at radius 2 is 0.583 bits per heavy atom. The minimum absolute atomic E-state index is 0.0920. The maximum Gasteiger partial charge on any atom is 0.0776 e. The van der Waals surface area contributed by atoms with E-state index in [1.807, 2.05) is 0 Å². The molecule has 1 heterocycles. The fraction of sp³-hybridized carbons (Fsp3) is 0.175. The lowest BCUT2D eigenvalue weighted by molar-refractivity contribution is 0.590. The topological polar surface area (TPSA) is 12.9 Å². The van der Waals surface area contributed by atoms with Crippen LogP contribution in [-0.4, -0.2) is 21.1 Å². The van der Waals surface area contributed by atoms with Crippen molar-refractivity contribution < 1.29 is 0 Å². The Kier molecular flexibility index (Phi) is 11.1. The first kappa shape index (κ1) is 40.9. The molecular formula is C57H57NSi2. The molecule has 0 unspecified atom stereocenters. The number of aromatic nitrogens is 1. The normalized spacial score (nSPS) is 12.1. The van der Waals surface area contributed by atoms with E-state index in [1.165, 1.54) is 66.0 Å². The van der Waals surface area contributed by atoms with E-state index in [-0.39, 0.29) is 5.41 Å². The second-order valence-corrected chi connectivity index (χ2v) is 29.6. The zero-order valence-corrected chi connectivity index (χ0v) is 38.8. The average molecular weight is 812 g/mol. The van der Waals surface area contributed by atoms with Gasteiger partial charge in [0.05, 0.1) is 27.5 Å². The first-order chi connectivity index (χ1) is 28.6. The van der Waals surface area contributed by atoms with Crippen LogP contribution in [0.3, 0.4) is 0 Å². The van der Waals surface area contributed by atoms with Crippen LogP contribution in [0.25, 0.3) is 78.1 Å². The lowest BCUT2D eigenvalue weighted by atomic mass is 9.86. The molecule has 0 aliphatic rings. The van der Waals surface area contributed by atoms with Crippen molar-refractivity contribution in [3.05, 3.63) is 188 Å². The van der Waals surface area contributed by atoms with Crippen LogP contribution in [0, 0.1) is 0 Å². The predicted molar refractivity (Wildman–Crippen MR) is 267 cm³/mol. The highest BCUT2D eigenvalue weighted by atomic mass is 28.3. The van der Waals surface area contributed by atoms with Crippen LogP contribution in [-0.2, 0) is 5.41 Å². The maximum absolute atomic E-state index is 5.31. The van der Waals surface area contributed by atoms with Gasteiger partial charge >= 0.3 is 0 Å². The summed E-state index contributed by atoms with van der Waals surface area (Å²) in [4.78, 5) is 5.31. The number of rotatable bonds is 9. The standard InChI is InChI=1S/C57H57NSi2/c1-57(2,3)52-34-32-46(33-35-52)51-38-55(47-28-24-42(25-29-47)40-16-20-44(21-17-40)49-12-10-14-53(36-49)59(4,5)6)58-56(39-51)48-30-26-43(27-31-48)41-18-22-45(23-19-41)50-13-11-15-54(37-50)60(7,8)9/h10-39H,1-9H3. The molecule has 0 atom stereocenters. The molecule has 0 bridgehead atoms. The highest BCUT2D eigenvalue weighted by molar-refractivity contribution is 6.89. The van der Waals surface area contributed by atoms with Crippen LogP contribution in [0.5, 0.6) is 0 Å². The smallest absolute Gasteiger partial charge is 0.0776 e. The molecule has 0 fully saturated rings. The second-order valence-electron chi connectivity index (χ2n) is 19.4. The number of benzene rings is 7. The van der Waals surface area contributed by atoms with Gasteiger partial charge in [0.15, 0.2) is 0 Å². The summed E-state index contributed by atoms with van der Waals surface area (Å²) < 4.78 is 0. The van der Waals surface area contributed by atoms with Crippen molar-refractivity contribution >= 4 is 26.5 Å². The monoisotopic (exact) mass is 811 g/mol. The van der Waals surface area contributed by atoms with E-state index in [1.54, 1.807) is 0 Å². The van der Waals surface area contributed by atoms with Crippen LogP contribution >= 0.6 is 0 Å². The van der Waals surface area contributed by atoms with E-state index in [4.69, 9.17) is 4.98 Å². The van der Waals surface area contributed by atoms with Crippen molar-refractivity contribution in [3.8, 4) is 78.1 Å². The van der Waals surface area contributed by atoms with Crippen molar-refractivity contribution in [1.29, 1.82) is 0 Å². The molecular weight excluding hydrogens is 755 g/mol. The van der Waals surface area contributed by atoms with Gasteiger partial charge in [-0.2, -0.15) is 0 Å². The quantitative estimate of drug-likeness (QED) is 0.132. The molecule has 0 spiro atoms. The minimum Gasteiger partial charge on any atom is -0.248 e. The summed E-state index contributed by atoms with van der Waals surface area (Å²) in [7, 11) is -2.77. The molecule has 0 aliphatic heterocycles. The van der Waals surface area contributed by atoms with Crippen LogP contribution in [0.4, 0.5) is 0 Å². The number of pyridine rings is 1. The van der Waals surface area contributed by atoms with Gasteiger partial charge in [-0.25, -0.2) is 4.98 Å². The van der Waals surface area contributed by atoms with Crippen LogP contribution in [0.1, 0.15) is 26.3 Å². The van der Waals surface area contributed by atoms with Gasteiger partial charge in [-0.15, -0.1) is 0 Å². The molecule has 7 aromatic carbocycles. The van der Waals surface area contributed by atoms with E-state index in [0.29, 0.717) is 0 Å². The van der Waals surface area contributed by atoms with Gasteiger partial charge in [0.2, 0.25) is 0 Å². The van der Waals surface area contributed by atoms with Crippen LogP contribution in [0.15, 0.2) is 182 Å². The lowest BCUT2D eigenvalue weighted by Gasteiger charge is -2.19. The molecule has 3 heteroatoms. The average Bonchev–Trinajstić information content (AvgIpc) is 3.26. The molecule has 0 aliphatic carbocycles. The molecule has 8 aromatic rings. The molecule has 1 nitrogen and oxygen atoms in total. The SMILES string of the molecule is CC(C)(C)c1ccc(-c2cc(-c3ccc(-c4ccc(-c5cccc([Si](C)(C)C)c5)cc4)cc3)nc(-c3ccc(-c4ccc(-c5cccc([Si](C)(C)C)c5)cc4)cc3)c2)cc1. The van der Waals surface area contributed by atoms with Gasteiger partial charge in [0.25, 0.3) is 0 Å². The van der Waals surface area contributed by atoms with Crippen molar-refractivity contribution in [2.75, 3.05) is 0 Å². The second kappa shape index (κ2) is 16.3. The Morgan fingerprint density at radius 3 is 0.900 bits per heavy atom. The van der Waals surface area contributed by atoms with Gasteiger partial charge in [-0.05, 0) is 78.7 Å². The fourth-order valence-electron chi connectivity index (χ4n) is 7.86. The first-order valence-electron chi connectivity index (χ1n) is 21.4. The Balaban J connectivity index is 1.08. The predicted octanol–water partition coefficient (Wildman–Crippen LogP) is 15.1. The van der Waals surface area contributed by atoms with Gasteiger partial charge in [0.1, 0.15) is 0 Å². The Bertz CT molecular complexity index is 2580. The third-order valence-corrected chi connectivity index (χ3v) is 15.9. The minimum atomic E-state index is -1.39. The lowest BCUT2D eigenvalue weighted by Crippen LogP contribution is -2.37. The highest BCUT2D eigenvalue weighted by Crippen LogP contribution is 2.35. The summed E-state index contributed by atoms with van der Waals surface area (Å²) in [6, 6.07) is 67.5. The van der Waals surface area contributed by atoms with Crippen molar-refractivity contribution in [3.63, 3.8) is 0 Å². The van der Waals surface area contributed by atoms with E-state index in [2.05, 4.69) is 242 Å². The molecule has 0 saturated heterocycles. The van der Waals surface area contributed by atoms with Crippen LogP contribution in [0.2, 0.25) is 39.3 Å². The molecule has 0 radical (unpaired) electrons. The molecule has 0 N–H and O–H groups in total. The van der Waals surface area contributed by atoms with Crippen molar-refractivity contribution in [2.45, 2.75) is 65.5 Å². The van der Waals surface area contributed by atoms with Crippen LogP contribution < -0.4 is 10.4 Å².